The molecule has 1 saturated heterocycles. The van der Waals surface area contributed by atoms with E-state index in [2.05, 4.69) is 36.1 Å². The predicted octanol–water partition coefficient (Wildman–Crippen LogP) is 2.92. The molecule has 2 aliphatic rings. The van der Waals surface area contributed by atoms with Crippen LogP contribution in [-0.2, 0) is 6.42 Å². The average molecular weight is 258 g/mol. The molecule has 0 radical (unpaired) electrons. The topological polar surface area (TPSA) is 29.3 Å². The van der Waals surface area contributed by atoms with Gasteiger partial charge in [0.25, 0.3) is 0 Å². The summed E-state index contributed by atoms with van der Waals surface area (Å²) in [6.07, 6.45) is 6.34. The quantitative estimate of drug-likeness (QED) is 0.899. The van der Waals surface area contributed by atoms with Crippen LogP contribution in [-0.4, -0.2) is 30.1 Å². The number of aryl methyl sites for hydroxylation is 1. The van der Waals surface area contributed by atoms with Gasteiger partial charge in [-0.25, -0.2) is 0 Å². The lowest BCUT2D eigenvalue weighted by molar-refractivity contribution is 0.0562. The second kappa shape index (κ2) is 5.26. The maximum Gasteiger partial charge on any atom is 0.0412 e. The van der Waals surface area contributed by atoms with Crippen molar-refractivity contribution < 1.29 is 0 Å². The van der Waals surface area contributed by atoms with Gasteiger partial charge < -0.3 is 5.73 Å². The van der Waals surface area contributed by atoms with Gasteiger partial charge in [0, 0.05) is 25.2 Å². The third-order valence-electron chi connectivity index (χ3n) is 4.80. The molecular weight excluding hydrogens is 232 g/mol. The van der Waals surface area contributed by atoms with E-state index in [4.69, 9.17) is 5.73 Å². The number of hydrogen-bond acceptors (Lipinski definition) is 2. The molecule has 19 heavy (non-hydrogen) atoms. The summed E-state index contributed by atoms with van der Waals surface area (Å²) in [5.41, 5.74) is 9.65. The van der Waals surface area contributed by atoms with Crippen LogP contribution in [0.5, 0.6) is 0 Å². The van der Waals surface area contributed by atoms with Gasteiger partial charge in [0.1, 0.15) is 0 Å². The van der Waals surface area contributed by atoms with Gasteiger partial charge in [0.05, 0.1) is 0 Å². The van der Waals surface area contributed by atoms with Gasteiger partial charge in [0.2, 0.25) is 0 Å². The first-order valence-electron chi connectivity index (χ1n) is 7.79. The highest BCUT2D eigenvalue weighted by Crippen LogP contribution is 2.34. The van der Waals surface area contributed by atoms with Crippen LogP contribution in [0, 0.1) is 0 Å². The fourth-order valence-corrected chi connectivity index (χ4v) is 3.99. The van der Waals surface area contributed by atoms with Gasteiger partial charge in [-0.05, 0) is 42.7 Å². The van der Waals surface area contributed by atoms with Crippen LogP contribution < -0.4 is 5.73 Å². The number of likely N-dealkylation sites (tertiary alicyclic amines) is 1. The summed E-state index contributed by atoms with van der Waals surface area (Å²) < 4.78 is 0. The molecule has 1 fully saturated rings. The fourth-order valence-electron chi connectivity index (χ4n) is 3.99. The minimum Gasteiger partial charge on any atom is -0.323 e. The Morgan fingerprint density at radius 3 is 2.89 bits per heavy atom. The molecule has 0 bridgehead atoms. The molecule has 1 aliphatic carbocycles. The smallest absolute Gasteiger partial charge is 0.0412 e. The van der Waals surface area contributed by atoms with Crippen LogP contribution in [0.1, 0.15) is 49.7 Å². The van der Waals surface area contributed by atoms with E-state index in [-0.39, 0.29) is 5.54 Å². The Bertz CT molecular complexity index is 435. The summed E-state index contributed by atoms with van der Waals surface area (Å²) in [6.45, 7) is 5.63. The predicted molar refractivity (Wildman–Crippen MR) is 80.4 cm³/mol. The highest BCUT2D eigenvalue weighted by atomic mass is 15.2. The SMILES string of the molecule is CCCC1(N)CN(CC2CCCc3ccccc32)C1. The normalized spacial score (nSPS) is 25.7. The zero-order valence-corrected chi connectivity index (χ0v) is 12.1. The minimum atomic E-state index is 0.114. The first-order valence-corrected chi connectivity index (χ1v) is 7.79. The summed E-state index contributed by atoms with van der Waals surface area (Å²) in [5, 5.41) is 0. The third kappa shape index (κ3) is 2.70. The van der Waals surface area contributed by atoms with E-state index < -0.39 is 0 Å². The number of fused-ring (bicyclic) bond motifs is 1. The first kappa shape index (κ1) is 13.1. The van der Waals surface area contributed by atoms with E-state index in [0.29, 0.717) is 0 Å². The van der Waals surface area contributed by atoms with E-state index in [1.807, 2.05) is 0 Å². The maximum atomic E-state index is 6.36. The fraction of sp³-hybridized carbons (Fsp3) is 0.647. The summed E-state index contributed by atoms with van der Waals surface area (Å²) >= 11 is 0. The second-order valence-electron chi connectivity index (χ2n) is 6.57. The molecule has 1 aromatic carbocycles. The molecule has 1 atom stereocenters. The van der Waals surface area contributed by atoms with Crippen molar-refractivity contribution in [1.82, 2.24) is 4.90 Å². The molecule has 0 amide bonds. The molecule has 0 aromatic heterocycles. The largest absolute Gasteiger partial charge is 0.323 e. The molecule has 2 nitrogen and oxygen atoms in total. The second-order valence-corrected chi connectivity index (χ2v) is 6.57. The van der Waals surface area contributed by atoms with Gasteiger partial charge in [-0.15, -0.1) is 0 Å². The first-order chi connectivity index (χ1) is 9.20. The van der Waals surface area contributed by atoms with E-state index in [1.54, 1.807) is 11.1 Å². The van der Waals surface area contributed by atoms with Gasteiger partial charge in [0.15, 0.2) is 0 Å². The number of rotatable bonds is 4. The standard InChI is InChI=1S/C17H26N2/c1-2-10-17(18)12-19(13-17)11-15-8-5-7-14-6-3-4-9-16(14)15/h3-4,6,9,15H,2,5,7-8,10-13,18H2,1H3. The Morgan fingerprint density at radius 1 is 1.32 bits per heavy atom. The molecule has 0 spiro atoms. The van der Waals surface area contributed by atoms with Crippen LogP contribution >= 0.6 is 0 Å². The number of hydrogen-bond donors (Lipinski definition) is 1. The van der Waals surface area contributed by atoms with Crippen molar-refractivity contribution in [3.63, 3.8) is 0 Å². The van der Waals surface area contributed by atoms with Crippen molar-refractivity contribution in [2.24, 2.45) is 5.73 Å². The molecule has 1 heterocycles. The Hall–Kier alpha value is -0.860. The van der Waals surface area contributed by atoms with Crippen molar-refractivity contribution in [1.29, 1.82) is 0 Å². The van der Waals surface area contributed by atoms with Crippen molar-refractivity contribution >= 4 is 0 Å². The Balaban J connectivity index is 1.61. The number of benzene rings is 1. The molecule has 1 unspecified atom stereocenters. The zero-order chi connectivity index (χ0) is 13.3. The van der Waals surface area contributed by atoms with Gasteiger partial charge in [-0.2, -0.15) is 0 Å². The van der Waals surface area contributed by atoms with Crippen LogP contribution in [0.4, 0.5) is 0 Å². The van der Waals surface area contributed by atoms with Crippen LogP contribution in [0.2, 0.25) is 0 Å². The summed E-state index contributed by atoms with van der Waals surface area (Å²) in [6, 6.07) is 9.01. The average Bonchev–Trinajstić information content (AvgIpc) is 2.38. The van der Waals surface area contributed by atoms with E-state index in [9.17, 15) is 0 Å². The molecule has 1 aromatic rings. The van der Waals surface area contributed by atoms with Gasteiger partial charge >= 0.3 is 0 Å². The number of nitrogens with zero attached hydrogens (tertiary/aromatic N) is 1. The van der Waals surface area contributed by atoms with Crippen molar-refractivity contribution in [3.05, 3.63) is 35.4 Å². The van der Waals surface area contributed by atoms with Crippen molar-refractivity contribution in [2.75, 3.05) is 19.6 Å². The van der Waals surface area contributed by atoms with Crippen LogP contribution in [0.15, 0.2) is 24.3 Å². The Labute approximate surface area is 117 Å². The van der Waals surface area contributed by atoms with E-state index in [0.717, 1.165) is 19.0 Å². The molecule has 1 aliphatic heterocycles. The molecular formula is C17H26N2. The molecule has 104 valence electrons. The molecule has 0 saturated carbocycles. The van der Waals surface area contributed by atoms with Crippen LogP contribution in [0.3, 0.4) is 0 Å². The zero-order valence-electron chi connectivity index (χ0n) is 12.1. The van der Waals surface area contributed by atoms with Crippen molar-refractivity contribution in [2.45, 2.75) is 50.5 Å². The van der Waals surface area contributed by atoms with Gasteiger partial charge in [-0.1, -0.05) is 37.6 Å². The van der Waals surface area contributed by atoms with Crippen molar-refractivity contribution in [3.8, 4) is 0 Å². The lowest BCUT2D eigenvalue weighted by Crippen LogP contribution is -2.67. The lowest BCUT2D eigenvalue weighted by atomic mass is 9.80. The lowest BCUT2D eigenvalue weighted by Gasteiger charge is -2.49. The monoisotopic (exact) mass is 258 g/mol. The molecule has 2 heteroatoms. The highest BCUT2D eigenvalue weighted by Gasteiger charge is 2.39. The number of nitrogens with two attached hydrogens (primary N) is 1. The van der Waals surface area contributed by atoms with Gasteiger partial charge in [-0.3, -0.25) is 4.90 Å². The Kier molecular flexibility index (Phi) is 3.64. The van der Waals surface area contributed by atoms with E-state index in [1.165, 1.54) is 38.6 Å². The summed E-state index contributed by atoms with van der Waals surface area (Å²) in [5.74, 6) is 0.733. The highest BCUT2D eigenvalue weighted by molar-refractivity contribution is 5.33. The van der Waals surface area contributed by atoms with E-state index >= 15 is 0 Å². The van der Waals surface area contributed by atoms with Crippen LogP contribution in [0.25, 0.3) is 0 Å². The third-order valence-corrected chi connectivity index (χ3v) is 4.80. The Morgan fingerprint density at radius 2 is 2.11 bits per heavy atom. The summed E-state index contributed by atoms with van der Waals surface area (Å²) in [7, 11) is 0. The minimum absolute atomic E-state index is 0.114. The molecule has 2 N–H and O–H groups in total. The maximum absolute atomic E-state index is 6.36. The molecule has 3 rings (SSSR count). The summed E-state index contributed by atoms with van der Waals surface area (Å²) in [4.78, 5) is 2.56.